The van der Waals surface area contributed by atoms with Crippen molar-refractivity contribution in [2.75, 3.05) is 49.2 Å². The largest absolute Gasteiger partial charge is 0.355 e. The number of aromatic nitrogens is 1. The van der Waals surface area contributed by atoms with Gasteiger partial charge < -0.3 is 14.7 Å². The molecule has 1 aromatic carbocycles. The zero-order valence-corrected chi connectivity index (χ0v) is 17.9. The van der Waals surface area contributed by atoms with E-state index in [4.69, 9.17) is 4.98 Å². The summed E-state index contributed by atoms with van der Waals surface area (Å²) in [4.78, 5) is 24.3. The van der Waals surface area contributed by atoms with Gasteiger partial charge in [-0.1, -0.05) is 6.07 Å². The number of carbonyl (C=O) groups excluding carboxylic acids is 1. The zero-order valence-electron chi connectivity index (χ0n) is 17.9. The van der Waals surface area contributed by atoms with E-state index in [1.165, 1.54) is 16.8 Å². The Kier molecular flexibility index (Phi) is 5.46. The summed E-state index contributed by atoms with van der Waals surface area (Å²) >= 11 is 0. The summed E-state index contributed by atoms with van der Waals surface area (Å²) in [7, 11) is 0. The Balaban J connectivity index is 1.39. The molecule has 1 unspecified atom stereocenters. The molecule has 29 heavy (non-hydrogen) atoms. The van der Waals surface area contributed by atoms with Gasteiger partial charge in [0.2, 0.25) is 0 Å². The van der Waals surface area contributed by atoms with Crippen LogP contribution >= 0.6 is 0 Å². The van der Waals surface area contributed by atoms with E-state index in [0.29, 0.717) is 6.04 Å². The van der Waals surface area contributed by atoms with Gasteiger partial charge >= 0.3 is 0 Å². The van der Waals surface area contributed by atoms with Gasteiger partial charge in [0, 0.05) is 55.7 Å². The Morgan fingerprint density at radius 1 is 1.03 bits per heavy atom. The molecule has 2 aromatic rings. The monoisotopic (exact) mass is 393 g/mol. The number of hydrogen-bond acceptors (Lipinski definition) is 5. The molecule has 0 spiro atoms. The highest BCUT2D eigenvalue weighted by Gasteiger charge is 2.25. The van der Waals surface area contributed by atoms with Crippen molar-refractivity contribution < 1.29 is 4.79 Å². The quantitative estimate of drug-likeness (QED) is 0.869. The van der Waals surface area contributed by atoms with Gasteiger partial charge in [0.25, 0.3) is 5.91 Å². The highest BCUT2D eigenvalue weighted by molar-refractivity contribution is 5.94. The van der Waals surface area contributed by atoms with Crippen molar-refractivity contribution in [3.8, 4) is 0 Å². The minimum absolute atomic E-state index is 0.119. The number of pyridine rings is 1. The summed E-state index contributed by atoms with van der Waals surface area (Å²) in [5.41, 5.74) is 5.44. The predicted octanol–water partition coefficient (Wildman–Crippen LogP) is 2.72. The average Bonchev–Trinajstić information content (AvgIpc) is 3.16. The highest BCUT2D eigenvalue weighted by Crippen LogP contribution is 2.23. The van der Waals surface area contributed by atoms with Gasteiger partial charge in [-0.3, -0.25) is 10.1 Å². The van der Waals surface area contributed by atoms with E-state index >= 15 is 0 Å². The second-order valence-electron chi connectivity index (χ2n) is 8.29. The number of carbonyl (C=O) groups is 1. The van der Waals surface area contributed by atoms with Crippen molar-refractivity contribution in [3.63, 3.8) is 0 Å². The van der Waals surface area contributed by atoms with E-state index in [2.05, 4.69) is 61.0 Å². The fourth-order valence-corrected chi connectivity index (χ4v) is 4.25. The molecule has 0 saturated carbocycles. The molecule has 154 valence electrons. The van der Waals surface area contributed by atoms with Crippen LogP contribution in [0.25, 0.3) is 0 Å². The molecule has 0 aliphatic carbocycles. The lowest BCUT2D eigenvalue weighted by molar-refractivity contribution is 0.0746. The number of benzene rings is 1. The van der Waals surface area contributed by atoms with E-state index < -0.39 is 0 Å². The van der Waals surface area contributed by atoms with Crippen molar-refractivity contribution in [3.05, 3.63) is 52.7 Å². The average molecular weight is 394 g/mol. The molecule has 1 amide bonds. The molecule has 2 saturated heterocycles. The molecule has 6 heteroatoms. The molecular weight excluding hydrogens is 362 g/mol. The van der Waals surface area contributed by atoms with E-state index in [1.54, 1.807) is 0 Å². The third-order valence-electron chi connectivity index (χ3n) is 6.20. The number of nitrogens with zero attached hydrogens (tertiary/aromatic N) is 4. The number of piperazine rings is 1. The van der Waals surface area contributed by atoms with Crippen LogP contribution in [0, 0.1) is 20.8 Å². The van der Waals surface area contributed by atoms with E-state index in [9.17, 15) is 4.79 Å². The molecular formula is C23H31N5O. The lowest BCUT2D eigenvalue weighted by Gasteiger charge is -2.36. The number of amides is 1. The second-order valence-corrected chi connectivity index (χ2v) is 8.29. The molecule has 0 radical (unpaired) electrons. The van der Waals surface area contributed by atoms with Gasteiger partial charge in [0.15, 0.2) is 0 Å². The van der Waals surface area contributed by atoms with Crippen molar-refractivity contribution in [2.45, 2.75) is 33.7 Å². The van der Waals surface area contributed by atoms with E-state index in [0.717, 1.165) is 56.5 Å². The lowest BCUT2D eigenvalue weighted by atomic mass is 10.1. The summed E-state index contributed by atoms with van der Waals surface area (Å²) in [5, 5.41) is 3.38. The summed E-state index contributed by atoms with van der Waals surface area (Å²) in [6.45, 7) is 13.4. The van der Waals surface area contributed by atoms with Crippen LogP contribution in [-0.4, -0.2) is 61.2 Å². The molecule has 2 aliphatic rings. The number of hydrogen-bond donors (Lipinski definition) is 1. The molecule has 0 bridgehead atoms. The summed E-state index contributed by atoms with van der Waals surface area (Å²) in [5.74, 6) is 1.17. The van der Waals surface area contributed by atoms with Crippen LogP contribution in [0.5, 0.6) is 0 Å². The van der Waals surface area contributed by atoms with E-state index in [-0.39, 0.29) is 5.91 Å². The number of rotatable bonds is 3. The number of nitrogens with one attached hydrogen (secondary N) is 1. The minimum atomic E-state index is 0.119. The molecule has 6 nitrogen and oxygen atoms in total. The highest BCUT2D eigenvalue weighted by atomic mass is 16.2. The number of aryl methyl sites for hydroxylation is 3. The first-order valence-corrected chi connectivity index (χ1v) is 10.5. The fraction of sp³-hybridized carbons (Fsp3) is 0.478. The molecule has 4 rings (SSSR count). The topological polar surface area (TPSA) is 51.7 Å². The standard InChI is InChI=1S/C23H31N5O/c1-16-13-17(2)22(25-19(16)4)26-9-11-27(12-10-26)23(29)20-5-7-21(8-6-20)28-15-24-14-18(28)3/h5-8,13,18,24H,9-12,14-15H2,1-4H3. The maximum Gasteiger partial charge on any atom is 0.253 e. The van der Waals surface area contributed by atoms with Crippen LogP contribution in [0.15, 0.2) is 30.3 Å². The first-order chi connectivity index (χ1) is 13.9. The minimum Gasteiger partial charge on any atom is -0.355 e. The SMILES string of the molecule is Cc1cc(C)c(N2CCN(C(=O)c3ccc(N4CNCC4C)cc3)CC2)nc1C. The van der Waals surface area contributed by atoms with Crippen molar-refractivity contribution in [1.82, 2.24) is 15.2 Å². The Morgan fingerprint density at radius 3 is 2.34 bits per heavy atom. The molecule has 1 aromatic heterocycles. The van der Waals surface area contributed by atoms with Gasteiger partial charge in [0.05, 0.1) is 6.67 Å². The van der Waals surface area contributed by atoms with Gasteiger partial charge in [-0.2, -0.15) is 0 Å². The van der Waals surface area contributed by atoms with Crippen LogP contribution in [0.2, 0.25) is 0 Å². The molecule has 1 atom stereocenters. The predicted molar refractivity (Wildman–Crippen MR) is 118 cm³/mol. The van der Waals surface area contributed by atoms with Crippen LogP contribution in [0.4, 0.5) is 11.5 Å². The van der Waals surface area contributed by atoms with Crippen LogP contribution in [0.3, 0.4) is 0 Å². The van der Waals surface area contributed by atoms with Crippen LogP contribution < -0.4 is 15.1 Å². The zero-order chi connectivity index (χ0) is 20.5. The Hall–Kier alpha value is -2.60. The smallest absolute Gasteiger partial charge is 0.253 e. The summed E-state index contributed by atoms with van der Waals surface area (Å²) < 4.78 is 0. The third-order valence-corrected chi connectivity index (χ3v) is 6.20. The molecule has 2 aliphatic heterocycles. The lowest BCUT2D eigenvalue weighted by Crippen LogP contribution is -2.49. The first-order valence-electron chi connectivity index (χ1n) is 10.5. The summed E-state index contributed by atoms with van der Waals surface area (Å²) in [6.07, 6.45) is 0. The Bertz CT molecular complexity index is 887. The van der Waals surface area contributed by atoms with Gasteiger partial charge in [-0.15, -0.1) is 0 Å². The van der Waals surface area contributed by atoms with Gasteiger partial charge in [-0.05, 0) is 63.1 Å². The van der Waals surface area contributed by atoms with Crippen LogP contribution in [0.1, 0.15) is 34.1 Å². The molecule has 2 fully saturated rings. The second kappa shape index (κ2) is 8.03. The maximum absolute atomic E-state index is 13.0. The molecule has 3 heterocycles. The van der Waals surface area contributed by atoms with Crippen LogP contribution in [-0.2, 0) is 0 Å². The van der Waals surface area contributed by atoms with Crippen molar-refractivity contribution >= 4 is 17.4 Å². The number of anilines is 2. The Morgan fingerprint density at radius 2 is 1.72 bits per heavy atom. The van der Waals surface area contributed by atoms with Crippen molar-refractivity contribution in [1.29, 1.82) is 0 Å². The van der Waals surface area contributed by atoms with Crippen molar-refractivity contribution in [2.24, 2.45) is 0 Å². The first kappa shape index (κ1) is 19.7. The Labute approximate surface area is 173 Å². The fourth-order valence-electron chi connectivity index (χ4n) is 4.25. The van der Waals surface area contributed by atoms with E-state index in [1.807, 2.05) is 17.0 Å². The van der Waals surface area contributed by atoms with Gasteiger partial charge in [0.1, 0.15) is 5.82 Å². The van der Waals surface area contributed by atoms with Gasteiger partial charge in [-0.25, -0.2) is 4.98 Å². The summed E-state index contributed by atoms with van der Waals surface area (Å²) in [6, 6.07) is 10.7. The normalized spacial score (nSPS) is 19.7. The molecule has 1 N–H and O–H groups in total. The maximum atomic E-state index is 13.0. The third kappa shape index (κ3) is 3.94.